The lowest BCUT2D eigenvalue weighted by atomic mass is 9.96. The van der Waals surface area contributed by atoms with Crippen molar-refractivity contribution in [2.24, 2.45) is 0 Å². The number of halogens is 1. The minimum absolute atomic E-state index is 0.743. The van der Waals surface area contributed by atoms with E-state index >= 15 is 0 Å². The molecule has 0 aliphatic carbocycles. The minimum atomic E-state index is -0.803. The lowest BCUT2D eigenvalue weighted by molar-refractivity contribution is 0.418. The van der Waals surface area contributed by atoms with Gasteiger partial charge in [0.2, 0.25) is 0 Å². The zero-order valence-corrected chi connectivity index (χ0v) is 12.8. The highest BCUT2D eigenvalue weighted by atomic mass is 79.9. The lowest BCUT2D eigenvalue weighted by Gasteiger charge is -2.23. The Hall–Kier alpha value is -0.905. The molecule has 0 spiro atoms. The molecule has 0 fully saturated rings. The first kappa shape index (κ1) is 13.1. The van der Waals surface area contributed by atoms with Gasteiger partial charge in [-0.3, -0.25) is 0 Å². The average Bonchev–Trinajstić information content (AvgIpc) is 2.40. The maximum Gasteiger partial charge on any atom is 0.519 e. The van der Waals surface area contributed by atoms with Crippen LogP contribution in [-0.2, 0) is 6.42 Å². The summed E-state index contributed by atoms with van der Waals surface area (Å²) in [5, 5.41) is 9.43. The second-order valence-electron chi connectivity index (χ2n) is 4.46. The summed E-state index contributed by atoms with van der Waals surface area (Å²) in [6.07, 6.45) is 0.885. The van der Waals surface area contributed by atoms with Gasteiger partial charge < -0.3 is 9.68 Å². The van der Waals surface area contributed by atoms with Crippen LogP contribution in [0.1, 0.15) is 11.1 Å². The van der Waals surface area contributed by atoms with E-state index in [2.05, 4.69) is 34.1 Å². The normalized spacial score (nSPS) is 12.6. The highest BCUT2D eigenvalue weighted by Gasteiger charge is 2.22. The smallest absolute Gasteiger partial charge is 0.519 e. The van der Waals surface area contributed by atoms with Crippen molar-refractivity contribution in [3.05, 3.63) is 52.0 Å². The monoisotopic (exact) mass is 334 g/mol. The van der Waals surface area contributed by atoms with E-state index in [0.29, 0.717) is 0 Å². The zero-order valence-electron chi connectivity index (χ0n) is 10.4. The molecular weight excluding hydrogens is 323 g/mol. The Morgan fingerprint density at radius 2 is 2.05 bits per heavy atom. The van der Waals surface area contributed by atoms with Gasteiger partial charge in [0.1, 0.15) is 5.75 Å². The molecule has 0 aromatic heterocycles. The molecule has 2 aromatic carbocycles. The fourth-order valence-electron chi connectivity index (χ4n) is 2.19. The van der Waals surface area contributed by atoms with Crippen molar-refractivity contribution in [1.29, 1.82) is 0 Å². The summed E-state index contributed by atoms with van der Waals surface area (Å²) in [6.45, 7) is 1.62. The van der Waals surface area contributed by atoms with Crippen LogP contribution in [0.2, 0.25) is 6.82 Å². The number of benzene rings is 2. The Labute approximate surface area is 125 Å². The predicted octanol–water partition coefficient (Wildman–Crippen LogP) is 3.99. The van der Waals surface area contributed by atoms with Gasteiger partial charge in [0.05, 0.1) is 4.90 Å². The summed E-state index contributed by atoms with van der Waals surface area (Å²) in [5.74, 6) is 0.743. The third-order valence-corrected chi connectivity index (χ3v) is 5.03. The minimum Gasteiger partial charge on any atom is -0.535 e. The van der Waals surface area contributed by atoms with Gasteiger partial charge in [-0.05, 0) is 36.1 Å². The van der Waals surface area contributed by atoms with Crippen LogP contribution in [0.25, 0.3) is 0 Å². The first-order valence-electron chi connectivity index (χ1n) is 6.07. The van der Waals surface area contributed by atoms with Gasteiger partial charge in [-0.2, -0.15) is 0 Å². The van der Waals surface area contributed by atoms with E-state index in [1.54, 1.807) is 18.6 Å². The summed E-state index contributed by atoms with van der Waals surface area (Å²) in [7, 11) is -0.803. The Bertz CT molecular complexity index is 631. The quantitative estimate of drug-likeness (QED) is 0.718. The van der Waals surface area contributed by atoms with E-state index in [-0.39, 0.29) is 0 Å². The van der Waals surface area contributed by atoms with Gasteiger partial charge in [0.15, 0.2) is 0 Å². The molecule has 0 unspecified atom stereocenters. The number of hydrogen-bond donors (Lipinski definition) is 1. The van der Waals surface area contributed by atoms with Gasteiger partial charge in [0.25, 0.3) is 0 Å². The van der Waals surface area contributed by atoms with E-state index in [1.807, 2.05) is 18.2 Å². The SMILES string of the molecule is CB(O)Oc1ccc(Br)c2c1Sc1ccccc1C2. The molecule has 96 valence electrons. The van der Waals surface area contributed by atoms with Crippen LogP contribution in [0, 0.1) is 0 Å². The third-order valence-electron chi connectivity index (χ3n) is 3.02. The van der Waals surface area contributed by atoms with Crippen LogP contribution in [0.15, 0.2) is 50.7 Å². The van der Waals surface area contributed by atoms with Crippen LogP contribution >= 0.6 is 27.7 Å². The highest BCUT2D eigenvalue weighted by molar-refractivity contribution is 9.10. The van der Waals surface area contributed by atoms with Crippen molar-refractivity contribution in [2.75, 3.05) is 0 Å². The number of fused-ring (bicyclic) bond motifs is 2. The molecule has 0 bridgehead atoms. The Morgan fingerprint density at radius 1 is 1.26 bits per heavy atom. The average molecular weight is 335 g/mol. The van der Waals surface area contributed by atoms with Crippen molar-refractivity contribution >= 4 is 34.8 Å². The van der Waals surface area contributed by atoms with Crippen LogP contribution in [0.4, 0.5) is 0 Å². The fourth-order valence-corrected chi connectivity index (χ4v) is 3.95. The lowest BCUT2D eigenvalue weighted by Crippen LogP contribution is -2.17. The van der Waals surface area contributed by atoms with E-state index < -0.39 is 7.12 Å². The number of hydrogen-bond acceptors (Lipinski definition) is 3. The van der Waals surface area contributed by atoms with Crippen LogP contribution in [0.3, 0.4) is 0 Å². The van der Waals surface area contributed by atoms with Gasteiger partial charge in [-0.25, -0.2) is 0 Å². The second kappa shape index (κ2) is 5.23. The first-order valence-corrected chi connectivity index (χ1v) is 7.68. The molecule has 0 amide bonds. The van der Waals surface area contributed by atoms with Gasteiger partial charge in [-0.15, -0.1) is 0 Å². The highest BCUT2D eigenvalue weighted by Crippen LogP contribution is 2.46. The molecule has 1 aliphatic heterocycles. The van der Waals surface area contributed by atoms with E-state index in [0.717, 1.165) is 21.5 Å². The van der Waals surface area contributed by atoms with Crippen molar-refractivity contribution in [3.8, 4) is 5.75 Å². The van der Waals surface area contributed by atoms with Gasteiger partial charge in [-0.1, -0.05) is 45.9 Å². The summed E-state index contributed by atoms with van der Waals surface area (Å²) < 4.78 is 6.58. The van der Waals surface area contributed by atoms with Crippen LogP contribution in [0.5, 0.6) is 5.75 Å². The van der Waals surface area contributed by atoms with Crippen LogP contribution < -0.4 is 4.65 Å². The van der Waals surface area contributed by atoms with E-state index in [9.17, 15) is 5.02 Å². The molecule has 5 heteroatoms. The summed E-state index contributed by atoms with van der Waals surface area (Å²) >= 11 is 5.30. The molecular formula is C14H12BBrO2S. The second-order valence-corrected chi connectivity index (χ2v) is 6.36. The number of rotatable bonds is 2. The first-order chi connectivity index (χ1) is 9.15. The summed E-state index contributed by atoms with van der Waals surface area (Å²) in [5.41, 5.74) is 2.55. The van der Waals surface area contributed by atoms with Gasteiger partial charge >= 0.3 is 7.12 Å². The maximum atomic E-state index is 9.43. The molecule has 0 saturated heterocycles. The molecule has 19 heavy (non-hydrogen) atoms. The predicted molar refractivity (Wildman–Crippen MR) is 82.0 cm³/mol. The Morgan fingerprint density at radius 3 is 2.84 bits per heavy atom. The molecule has 0 radical (unpaired) electrons. The Kier molecular flexibility index (Phi) is 3.61. The Balaban J connectivity index is 2.08. The van der Waals surface area contributed by atoms with Crippen molar-refractivity contribution in [2.45, 2.75) is 23.0 Å². The summed E-state index contributed by atoms with van der Waals surface area (Å²) in [4.78, 5) is 2.34. The zero-order chi connectivity index (χ0) is 13.4. The molecule has 1 N–H and O–H groups in total. The van der Waals surface area contributed by atoms with E-state index in [4.69, 9.17) is 4.65 Å². The molecule has 0 atom stereocenters. The topological polar surface area (TPSA) is 29.5 Å². The van der Waals surface area contributed by atoms with Crippen molar-refractivity contribution < 1.29 is 9.68 Å². The van der Waals surface area contributed by atoms with Crippen molar-refractivity contribution in [3.63, 3.8) is 0 Å². The van der Waals surface area contributed by atoms with Crippen molar-refractivity contribution in [1.82, 2.24) is 0 Å². The van der Waals surface area contributed by atoms with Crippen LogP contribution in [-0.4, -0.2) is 12.1 Å². The maximum absolute atomic E-state index is 9.43. The third kappa shape index (κ3) is 2.55. The molecule has 2 nitrogen and oxygen atoms in total. The fraction of sp³-hybridized carbons (Fsp3) is 0.143. The van der Waals surface area contributed by atoms with E-state index in [1.165, 1.54) is 16.0 Å². The summed E-state index contributed by atoms with van der Waals surface area (Å²) in [6, 6.07) is 12.3. The molecule has 2 aromatic rings. The molecule has 1 heterocycles. The van der Waals surface area contributed by atoms with Gasteiger partial charge in [0, 0.05) is 15.8 Å². The molecule has 3 rings (SSSR count). The molecule has 0 saturated carbocycles. The molecule has 1 aliphatic rings. The largest absolute Gasteiger partial charge is 0.535 e. The standard InChI is InChI=1S/C14H12BBrO2S/c1-15(17)18-12-7-6-11(16)10-8-9-4-2-3-5-13(9)19-14(10)12/h2-7,17H,8H2,1H3.